The first-order valence-electron chi connectivity index (χ1n) is 8.66. The van der Waals surface area contributed by atoms with Gasteiger partial charge in [-0.1, -0.05) is 40.5 Å². The van der Waals surface area contributed by atoms with E-state index in [4.69, 9.17) is 4.74 Å². The number of hydrogen-bond acceptors (Lipinski definition) is 6. The molecule has 7 nitrogen and oxygen atoms in total. The Morgan fingerprint density at radius 3 is 2.81 bits per heavy atom. The summed E-state index contributed by atoms with van der Waals surface area (Å²) in [6, 6.07) is 8.01. The molecule has 1 aromatic heterocycles. The number of amides is 1. The zero-order valence-electron chi connectivity index (χ0n) is 14.7. The van der Waals surface area contributed by atoms with Crippen molar-refractivity contribution in [3.8, 4) is 5.75 Å². The van der Waals surface area contributed by atoms with Crippen molar-refractivity contribution < 1.29 is 9.53 Å². The van der Waals surface area contributed by atoms with Crippen LogP contribution in [-0.4, -0.2) is 57.0 Å². The van der Waals surface area contributed by atoms with Gasteiger partial charge in [-0.2, -0.15) is 0 Å². The van der Waals surface area contributed by atoms with E-state index in [0.29, 0.717) is 24.9 Å². The molecule has 1 aliphatic rings. The van der Waals surface area contributed by atoms with Gasteiger partial charge in [-0.25, -0.2) is 4.68 Å². The minimum atomic E-state index is 0.0374. The summed E-state index contributed by atoms with van der Waals surface area (Å²) >= 11 is 4.79. The van der Waals surface area contributed by atoms with E-state index in [2.05, 4.69) is 31.5 Å². The minimum Gasteiger partial charge on any atom is -0.492 e. The fourth-order valence-electron chi connectivity index (χ4n) is 2.85. The Kier molecular flexibility index (Phi) is 6.90. The third-order valence-electron chi connectivity index (χ3n) is 4.39. The second kappa shape index (κ2) is 9.36. The molecule has 1 aliphatic carbocycles. The van der Waals surface area contributed by atoms with Gasteiger partial charge >= 0.3 is 0 Å². The number of likely N-dealkylation sites (N-methyl/N-ethyl adjacent to an activating group) is 1. The Bertz CT molecular complexity index is 718. The number of rotatable bonds is 8. The van der Waals surface area contributed by atoms with E-state index in [1.165, 1.54) is 24.6 Å². The lowest BCUT2D eigenvalue weighted by Gasteiger charge is -2.17. The molecular weight excluding hydrogens is 418 g/mol. The molecule has 0 atom stereocenters. The van der Waals surface area contributed by atoms with E-state index in [1.807, 2.05) is 28.9 Å². The number of thioether (sulfide) groups is 1. The van der Waals surface area contributed by atoms with Crippen molar-refractivity contribution in [1.29, 1.82) is 0 Å². The molecule has 0 saturated heterocycles. The van der Waals surface area contributed by atoms with E-state index in [9.17, 15) is 4.79 Å². The summed E-state index contributed by atoms with van der Waals surface area (Å²) in [5.41, 5.74) is 0. The number of aromatic nitrogens is 4. The normalized spacial score (nSPS) is 14.5. The van der Waals surface area contributed by atoms with Crippen molar-refractivity contribution in [1.82, 2.24) is 25.1 Å². The van der Waals surface area contributed by atoms with Gasteiger partial charge in [0.2, 0.25) is 11.1 Å². The van der Waals surface area contributed by atoms with Crippen molar-refractivity contribution in [2.45, 2.75) is 36.9 Å². The van der Waals surface area contributed by atoms with Crippen LogP contribution >= 0.6 is 27.7 Å². The first-order valence-corrected chi connectivity index (χ1v) is 10.4. The Balaban J connectivity index is 1.41. The lowest BCUT2D eigenvalue weighted by atomic mass is 10.3. The molecule has 0 N–H and O–H groups in total. The third-order valence-corrected chi connectivity index (χ3v) is 5.84. The summed E-state index contributed by atoms with van der Waals surface area (Å²) in [7, 11) is 1.79. The standard InChI is InChI=1S/C17H22BrN5O2S/c1-22(10-11-25-15-8-6-13(18)7-9-15)16(24)12-26-17-19-20-21-23(17)14-4-2-3-5-14/h6-9,14H,2-5,10-12H2,1H3. The van der Waals surface area contributed by atoms with Gasteiger partial charge in [0.05, 0.1) is 18.3 Å². The van der Waals surface area contributed by atoms with Gasteiger partial charge in [0.15, 0.2) is 0 Å². The van der Waals surface area contributed by atoms with Crippen LogP contribution in [0.2, 0.25) is 0 Å². The molecule has 0 spiro atoms. The number of benzene rings is 1. The Hall–Kier alpha value is -1.61. The SMILES string of the molecule is CN(CCOc1ccc(Br)cc1)C(=O)CSc1nnnn1C1CCCC1. The summed E-state index contributed by atoms with van der Waals surface area (Å²) < 4.78 is 8.55. The fraction of sp³-hybridized carbons (Fsp3) is 0.529. The van der Waals surface area contributed by atoms with Crippen LogP contribution in [0.1, 0.15) is 31.7 Å². The van der Waals surface area contributed by atoms with Gasteiger partial charge < -0.3 is 9.64 Å². The maximum atomic E-state index is 12.3. The van der Waals surface area contributed by atoms with Crippen molar-refractivity contribution in [2.75, 3.05) is 26.0 Å². The summed E-state index contributed by atoms with van der Waals surface area (Å²) in [6.07, 6.45) is 4.66. The predicted octanol–water partition coefficient (Wildman–Crippen LogP) is 3.18. The highest BCUT2D eigenvalue weighted by Crippen LogP contribution is 2.31. The van der Waals surface area contributed by atoms with Gasteiger partial charge in [0.25, 0.3) is 0 Å². The molecule has 0 unspecified atom stereocenters. The monoisotopic (exact) mass is 439 g/mol. The van der Waals surface area contributed by atoms with E-state index >= 15 is 0 Å². The molecule has 0 aliphatic heterocycles. The van der Waals surface area contributed by atoms with Crippen molar-refractivity contribution in [2.24, 2.45) is 0 Å². The summed E-state index contributed by atoms with van der Waals surface area (Å²) in [5.74, 6) is 1.15. The highest BCUT2D eigenvalue weighted by atomic mass is 79.9. The van der Waals surface area contributed by atoms with Crippen molar-refractivity contribution in [3.05, 3.63) is 28.7 Å². The van der Waals surface area contributed by atoms with Crippen LogP contribution in [0.25, 0.3) is 0 Å². The molecule has 2 aromatic rings. The molecule has 0 bridgehead atoms. The van der Waals surface area contributed by atoms with Crippen LogP contribution in [0.4, 0.5) is 0 Å². The van der Waals surface area contributed by atoms with Crippen molar-refractivity contribution in [3.63, 3.8) is 0 Å². The molecule has 140 valence electrons. The van der Waals surface area contributed by atoms with Crippen LogP contribution in [0.3, 0.4) is 0 Å². The minimum absolute atomic E-state index is 0.0374. The number of halogens is 1. The van der Waals surface area contributed by atoms with E-state index < -0.39 is 0 Å². The Labute approximate surface area is 165 Å². The van der Waals surface area contributed by atoms with Gasteiger partial charge in [-0.05, 0) is 47.5 Å². The first-order chi connectivity index (χ1) is 12.6. The highest BCUT2D eigenvalue weighted by molar-refractivity contribution is 9.10. The number of carbonyl (C=O) groups is 1. The zero-order chi connectivity index (χ0) is 18.4. The number of carbonyl (C=O) groups excluding carboxylic acids is 1. The maximum absolute atomic E-state index is 12.3. The average Bonchev–Trinajstić information content (AvgIpc) is 3.32. The first kappa shape index (κ1) is 19.2. The fourth-order valence-corrected chi connectivity index (χ4v) is 4.00. The summed E-state index contributed by atoms with van der Waals surface area (Å²) in [6.45, 7) is 0.984. The topological polar surface area (TPSA) is 73.1 Å². The van der Waals surface area contributed by atoms with Crippen LogP contribution in [0, 0.1) is 0 Å². The lowest BCUT2D eigenvalue weighted by molar-refractivity contribution is -0.127. The summed E-state index contributed by atoms with van der Waals surface area (Å²) in [5, 5.41) is 12.7. The molecule has 1 saturated carbocycles. The molecule has 1 fully saturated rings. The molecule has 1 aromatic carbocycles. The molecule has 9 heteroatoms. The van der Waals surface area contributed by atoms with Gasteiger partial charge in [-0.15, -0.1) is 5.10 Å². The molecular formula is C17H22BrN5O2S. The number of tetrazole rings is 1. The lowest BCUT2D eigenvalue weighted by Crippen LogP contribution is -2.32. The van der Waals surface area contributed by atoms with Crippen LogP contribution in [0.15, 0.2) is 33.9 Å². The maximum Gasteiger partial charge on any atom is 0.232 e. The Morgan fingerprint density at radius 1 is 1.35 bits per heavy atom. The van der Waals surface area contributed by atoms with Crippen LogP contribution < -0.4 is 4.74 Å². The molecule has 1 heterocycles. The highest BCUT2D eigenvalue weighted by Gasteiger charge is 2.22. The molecule has 3 rings (SSSR count). The number of hydrogen-bond donors (Lipinski definition) is 0. The number of nitrogens with zero attached hydrogens (tertiary/aromatic N) is 5. The second-order valence-corrected chi connectivity index (χ2v) is 8.11. The third kappa shape index (κ3) is 5.20. The molecule has 1 amide bonds. The van der Waals surface area contributed by atoms with E-state index in [1.54, 1.807) is 11.9 Å². The van der Waals surface area contributed by atoms with Crippen LogP contribution in [-0.2, 0) is 4.79 Å². The second-order valence-electron chi connectivity index (χ2n) is 6.25. The van der Waals surface area contributed by atoms with Crippen LogP contribution in [0.5, 0.6) is 5.75 Å². The predicted molar refractivity (Wildman–Crippen MR) is 103 cm³/mol. The quantitative estimate of drug-likeness (QED) is 0.588. The average molecular weight is 440 g/mol. The van der Waals surface area contributed by atoms with E-state index in [0.717, 1.165) is 28.2 Å². The number of ether oxygens (including phenoxy) is 1. The molecule has 26 heavy (non-hydrogen) atoms. The smallest absolute Gasteiger partial charge is 0.232 e. The van der Waals surface area contributed by atoms with Gasteiger partial charge in [-0.3, -0.25) is 4.79 Å². The Morgan fingerprint density at radius 2 is 2.08 bits per heavy atom. The largest absolute Gasteiger partial charge is 0.492 e. The van der Waals surface area contributed by atoms with E-state index in [-0.39, 0.29) is 5.91 Å². The molecule has 0 radical (unpaired) electrons. The van der Waals surface area contributed by atoms with Crippen molar-refractivity contribution >= 4 is 33.6 Å². The zero-order valence-corrected chi connectivity index (χ0v) is 17.1. The van der Waals surface area contributed by atoms with Gasteiger partial charge in [0.1, 0.15) is 12.4 Å². The summed E-state index contributed by atoms with van der Waals surface area (Å²) in [4.78, 5) is 14.0. The van der Waals surface area contributed by atoms with Gasteiger partial charge in [0, 0.05) is 11.5 Å².